The number of sulfonamides is 1. The van der Waals surface area contributed by atoms with Crippen molar-refractivity contribution in [3.05, 3.63) is 109 Å². The van der Waals surface area contributed by atoms with Gasteiger partial charge in [-0.1, -0.05) is 66.7 Å². The van der Waals surface area contributed by atoms with Crippen LogP contribution in [0.25, 0.3) is 21.8 Å². The van der Waals surface area contributed by atoms with E-state index in [1.54, 1.807) is 30.3 Å². The summed E-state index contributed by atoms with van der Waals surface area (Å²) in [6.07, 6.45) is -6.09. The molecular formula is C31H27F3N2O5S. The van der Waals surface area contributed by atoms with Gasteiger partial charge < -0.3 is 19.1 Å². The van der Waals surface area contributed by atoms with Gasteiger partial charge in [0.25, 0.3) is 0 Å². The minimum atomic E-state index is -4.91. The van der Waals surface area contributed by atoms with Crippen molar-refractivity contribution in [3.8, 4) is 5.75 Å². The maximum atomic E-state index is 14.1. The van der Waals surface area contributed by atoms with Crippen LogP contribution in [0.15, 0.2) is 108 Å². The summed E-state index contributed by atoms with van der Waals surface area (Å²) in [6, 6.07) is 26.9. The fourth-order valence-corrected chi connectivity index (χ4v) is 7.26. The van der Waals surface area contributed by atoms with E-state index in [4.69, 9.17) is 4.74 Å². The van der Waals surface area contributed by atoms with E-state index in [-0.39, 0.29) is 24.7 Å². The molecular weight excluding hydrogens is 569 g/mol. The number of halogens is 3. The van der Waals surface area contributed by atoms with E-state index < -0.39 is 40.3 Å². The second kappa shape index (κ2) is 11.1. The number of aliphatic hydroxyl groups excluding tert-OH is 1. The summed E-state index contributed by atoms with van der Waals surface area (Å²) in [5.41, 5.74) is 2.43. The van der Waals surface area contributed by atoms with Gasteiger partial charge in [0.15, 0.2) is 0 Å². The van der Waals surface area contributed by atoms with Crippen molar-refractivity contribution in [2.45, 2.75) is 36.0 Å². The molecule has 4 aromatic carbocycles. The molecule has 0 saturated carbocycles. The average molecular weight is 597 g/mol. The van der Waals surface area contributed by atoms with Gasteiger partial charge >= 0.3 is 6.36 Å². The predicted molar refractivity (Wildman–Crippen MR) is 151 cm³/mol. The number of fused-ring (bicyclic) bond motifs is 3. The maximum Gasteiger partial charge on any atom is 0.573 e. The first-order chi connectivity index (χ1) is 20.1. The van der Waals surface area contributed by atoms with E-state index in [1.807, 2.05) is 53.1 Å². The fourth-order valence-electron chi connectivity index (χ4n) is 5.65. The van der Waals surface area contributed by atoms with Gasteiger partial charge in [-0.05, 0) is 42.0 Å². The number of nitrogens with zero attached hydrogens (tertiary/aromatic N) is 2. The van der Waals surface area contributed by atoms with Gasteiger partial charge in [-0.3, -0.25) is 0 Å². The van der Waals surface area contributed by atoms with Crippen LogP contribution in [0.3, 0.4) is 0 Å². The third kappa shape index (κ3) is 5.36. The van der Waals surface area contributed by atoms with E-state index in [0.29, 0.717) is 5.56 Å². The van der Waals surface area contributed by atoms with Crippen LogP contribution in [0.2, 0.25) is 0 Å². The van der Waals surface area contributed by atoms with Crippen molar-refractivity contribution in [2.24, 2.45) is 0 Å². The highest BCUT2D eigenvalue weighted by atomic mass is 32.2. The number of benzene rings is 4. The molecule has 7 nitrogen and oxygen atoms in total. The van der Waals surface area contributed by atoms with Gasteiger partial charge in [-0.25, -0.2) is 8.42 Å². The van der Waals surface area contributed by atoms with Crippen LogP contribution in [-0.2, 0) is 21.3 Å². The minimum absolute atomic E-state index is 0.0733. The van der Waals surface area contributed by atoms with Crippen LogP contribution >= 0.6 is 0 Å². The molecule has 1 fully saturated rings. The normalized spacial score (nSPS) is 19.9. The van der Waals surface area contributed by atoms with Gasteiger partial charge in [0, 0.05) is 28.4 Å². The molecule has 0 spiro atoms. The lowest BCUT2D eigenvalue weighted by Gasteiger charge is -2.41. The summed E-state index contributed by atoms with van der Waals surface area (Å²) < 4.78 is 79.3. The van der Waals surface area contributed by atoms with Gasteiger partial charge in [-0.15, -0.1) is 13.2 Å². The quantitative estimate of drug-likeness (QED) is 0.254. The van der Waals surface area contributed by atoms with E-state index in [0.717, 1.165) is 46.1 Å². The lowest BCUT2D eigenvalue weighted by Crippen LogP contribution is -2.55. The van der Waals surface area contributed by atoms with Crippen LogP contribution in [0.1, 0.15) is 11.6 Å². The molecule has 1 saturated heterocycles. The third-order valence-corrected chi connectivity index (χ3v) is 9.41. The lowest BCUT2D eigenvalue weighted by atomic mass is 10.0. The van der Waals surface area contributed by atoms with E-state index >= 15 is 0 Å². The molecule has 0 aliphatic carbocycles. The van der Waals surface area contributed by atoms with E-state index in [2.05, 4.69) is 4.74 Å². The number of aromatic nitrogens is 1. The van der Waals surface area contributed by atoms with Crippen molar-refractivity contribution in [3.63, 3.8) is 0 Å². The molecule has 0 amide bonds. The van der Waals surface area contributed by atoms with Crippen molar-refractivity contribution < 1.29 is 36.2 Å². The second-order valence-electron chi connectivity index (χ2n) is 10.1. The molecule has 1 N–H and O–H groups in total. The zero-order valence-electron chi connectivity index (χ0n) is 22.2. The monoisotopic (exact) mass is 596 g/mol. The van der Waals surface area contributed by atoms with Gasteiger partial charge in [0.2, 0.25) is 10.0 Å². The number of aliphatic hydroxyl groups is 1. The number of ether oxygens (including phenoxy) is 2. The Morgan fingerprint density at radius 2 is 1.40 bits per heavy atom. The molecule has 218 valence electrons. The van der Waals surface area contributed by atoms with Crippen molar-refractivity contribution in [1.29, 1.82) is 0 Å². The largest absolute Gasteiger partial charge is 0.573 e. The Hall–Kier alpha value is -3.90. The Labute approximate surface area is 240 Å². The van der Waals surface area contributed by atoms with E-state index in [9.17, 15) is 26.7 Å². The Bertz CT molecular complexity index is 1750. The van der Waals surface area contributed by atoms with Crippen LogP contribution in [-0.4, -0.2) is 54.1 Å². The summed E-state index contributed by atoms with van der Waals surface area (Å²) in [5, 5.41) is 13.9. The number of hydrogen-bond acceptors (Lipinski definition) is 5. The molecule has 0 bridgehead atoms. The van der Waals surface area contributed by atoms with Crippen molar-refractivity contribution in [1.82, 2.24) is 8.87 Å². The molecule has 1 aliphatic rings. The van der Waals surface area contributed by atoms with Gasteiger partial charge in [0.05, 0.1) is 36.3 Å². The minimum Gasteiger partial charge on any atom is -0.406 e. The summed E-state index contributed by atoms with van der Waals surface area (Å²) in [4.78, 5) is -0.237. The highest BCUT2D eigenvalue weighted by Gasteiger charge is 2.43. The van der Waals surface area contributed by atoms with Crippen LogP contribution < -0.4 is 4.74 Å². The topological polar surface area (TPSA) is 81.0 Å². The molecule has 11 heteroatoms. The Kier molecular flexibility index (Phi) is 7.44. The highest BCUT2D eigenvalue weighted by Crippen LogP contribution is 2.37. The zero-order valence-corrected chi connectivity index (χ0v) is 23.0. The SMILES string of the molecule is O=S(=O)(c1ccc(OC(F)(F)F)cc1)N(Cc1ccccc1)[C@H]1COC[C@@H](n2c3ccccc3c3ccccc32)[C@@H]1O. The van der Waals surface area contributed by atoms with Crippen molar-refractivity contribution >= 4 is 31.8 Å². The molecule has 1 aromatic heterocycles. The summed E-state index contributed by atoms with van der Waals surface area (Å²) in [6.45, 7) is -0.00583. The second-order valence-corrected chi connectivity index (χ2v) is 12.0. The molecule has 1 aliphatic heterocycles. The van der Waals surface area contributed by atoms with E-state index in [1.165, 1.54) is 4.31 Å². The molecule has 42 heavy (non-hydrogen) atoms. The third-order valence-electron chi connectivity index (χ3n) is 7.53. The number of rotatable bonds is 7. The molecule has 0 radical (unpaired) electrons. The number of hydrogen-bond donors (Lipinski definition) is 1. The summed E-state index contributed by atoms with van der Waals surface area (Å²) >= 11 is 0. The molecule has 6 rings (SSSR count). The summed E-state index contributed by atoms with van der Waals surface area (Å²) in [7, 11) is -4.32. The predicted octanol–water partition coefficient (Wildman–Crippen LogP) is 5.89. The van der Waals surface area contributed by atoms with Crippen LogP contribution in [0.5, 0.6) is 5.75 Å². The molecule has 0 unspecified atom stereocenters. The number of alkyl halides is 3. The first-order valence-corrected chi connectivity index (χ1v) is 14.7. The standard InChI is InChI=1S/C31H27F3N2O5S/c32-31(33,34)41-22-14-16-23(17-15-22)42(38,39)35(18-21-8-2-1-3-9-21)28-19-40-20-29(30(28)37)36-26-12-6-4-10-24(26)25-11-5-7-13-27(25)36/h1-17,28-30,37H,18-20H2/t28-,29+,30+/m0/s1. The van der Waals surface area contributed by atoms with Gasteiger partial charge in [-0.2, -0.15) is 4.31 Å². The molecule has 2 heterocycles. The fraction of sp³-hybridized carbons (Fsp3) is 0.226. The molecule has 3 atom stereocenters. The van der Waals surface area contributed by atoms with Crippen molar-refractivity contribution in [2.75, 3.05) is 13.2 Å². The zero-order chi connectivity index (χ0) is 29.5. The first-order valence-electron chi connectivity index (χ1n) is 13.3. The van der Waals surface area contributed by atoms with Crippen LogP contribution in [0.4, 0.5) is 13.2 Å². The number of para-hydroxylation sites is 2. The Morgan fingerprint density at radius 3 is 2.00 bits per heavy atom. The Morgan fingerprint density at radius 1 is 0.833 bits per heavy atom. The first kappa shape index (κ1) is 28.2. The smallest absolute Gasteiger partial charge is 0.406 e. The average Bonchev–Trinajstić information content (AvgIpc) is 3.31. The molecule has 5 aromatic rings. The highest BCUT2D eigenvalue weighted by molar-refractivity contribution is 7.89. The Balaban J connectivity index is 1.41. The summed E-state index contributed by atoms with van der Waals surface area (Å²) in [5.74, 6) is -0.538. The lowest BCUT2D eigenvalue weighted by molar-refractivity contribution is -0.274. The van der Waals surface area contributed by atoms with Gasteiger partial charge in [0.1, 0.15) is 5.75 Å². The van der Waals surface area contributed by atoms with Crippen LogP contribution in [0, 0.1) is 0 Å². The maximum absolute atomic E-state index is 14.1.